The van der Waals surface area contributed by atoms with Crippen molar-refractivity contribution < 1.29 is 4.79 Å². The van der Waals surface area contributed by atoms with E-state index in [-0.39, 0.29) is 11.9 Å². The number of amides is 1. The van der Waals surface area contributed by atoms with Gasteiger partial charge in [0.2, 0.25) is 0 Å². The fourth-order valence-corrected chi connectivity index (χ4v) is 2.20. The van der Waals surface area contributed by atoms with Crippen LogP contribution in [0.5, 0.6) is 0 Å². The normalized spacial score (nSPS) is 12.4. The van der Waals surface area contributed by atoms with Gasteiger partial charge in [-0.15, -0.1) is 0 Å². The minimum atomic E-state index is -0.237. The summed E-state index contributed by atoms with van der Waals surface area (Å²) in [4.78, 5) is 19.3. The highest BCUT2D eigenvalue weighted by Crippen LogP contribution is 2.25. The number of carbonyl (C=O) groups is 1. The fraction of sp³-hybridized carbons (Fsp3) is 0.333. The highest BCUT2D eigenvalue weighted by molar-refractivity contribution is 6.41. The first kappa shape index (κ1) is 14.0. The van der Waals surface area contributed by atoms with Crippen LogP contribution in [0.2, 0.25) is 10.2 Å². The molecule has 0 spiro atoms. The molecule has 2 heterocycles. The summed E-state index contributed by atoms with van der Waals surface area (Å²) in [5, 5.41) is 3.60. The SMILES string of the molecule is CCC(NC(=O)c1cc(Cl)c(Cl)n1C)c1ncc[nH]1. The minimum Gasteiger partial charge on any atom is -0.347 e. The Hall–Kier alpha value is -1.46. The van der Waals surface area contributed by atoms with E-state index in [1.807, 2.05) is 6.92 Å². The lowest BCUT2D eigenvalue weighted by atomic mass is 10.2. The predicted molar refractivity (Wildman–Crippen MR) is 74.5 cm³/mol. The van der Waals surface area contributed by atoms with Crippen LogP contribution in [0.15, 0.2) is 18.5 Å². The number of rotatable bonds is 4. The Morgan fingerprint density at radius 2 is 2.32 bits per heavy atom. The summed E-state index contributed by atoms with van der Waals surface area (Å²) in [5.41, 5.74) is 0.417. The van der Waals surface area contributed by atoms with Crippen molar-refractivity contribution in [3.63, 3.8) is 0 Å². The van der Waals surface area contributed by atoms with Crippen molar-refractivity contribution in [2.75, 3.05) is 0 Å². The lowest BCUT2D eigenvalue weighted by molar-refractivity contribution is 0.0925. The molecule has 0 aliphatic heterocycles. The number of imidazole rings is 1. The van der Waals surface area contributed by atoms with Gasteiger partial charge in [0.25, 0.3) is 5.91 Å². The predicted octanol–water partition coefficient (Wildman–Crippen LogP) is 2.94. The highest BCUT2D eigenvalue weighted by atomic mass is 35.5. The first-order valence-corrected chi connectivity index (χ1v) is 6.61. The molecule has 0 saturated carbocycles. The van der Waals surface area contributed by atoms with E-state index in [1.54, 1.807) is 30.1 Å². The minimum absolute atomic E-state index is 0.171. The summed E-state index contributed by atoms with van der Waals surface area (Å²) in [6.45, 7) is 1.97. The first-order chi connectivity index (χ1) is 9.04. The number of hydrogen-bond donors (Lipinski definition) is 2. The van der Waals surface area contributed by atoms with Crippen molar-refractivity contribution in [3.8, 4) is 0 Å². The van der Waals surface area contributed by atoms with Crippen molar-refractivity contribution in [2.24, 2.45) is 7.05 Å². The molecule has 2 N–H and O–H groups in total. The standard InChI is InChI=1S/C12H14Cl2N4O/c1-3-8(11-15-4-5-16-11)17-12(19)9-6-7(13)10(14)18(9)2/h4-6,8H,3H2,1-2H3,(H,15,16)(H,17,19). The van der Waals surface area contributed by atoms with E-state index >= 15 is 0 Å². The van der Waals surface area contributed by atoms with Crippen molar-refractivity contribution in [1.82, 2.24) is 19.9 Å². The van der Waals surface area contributed by atoms with Crippen LogP contribution < -0.4 is 5.32 Å². The summed E-state index contributed by atoms with van der Waals surface area (Å²) < 4.78 is 1.55. The van der Waals surface area contributed by atoms with Crippen molar-refractivity contribution in [3.05, 3.63) is 40.2 Å². The second kappa shape index (κ2) is 5.67. The molecular formula is C12H14Cl2N4O. The summed E-state index contributed by atoms with van der Waals surface area (Å²) >= 11 is 11.8. The molecule has 2 aromatic heterocycles. The van der Waals surface area contributed by atoms with Crippen LogP contribution in [0.4, 0.5) is 0 Å². The van der Waals surface area contributed by atoms with Gasteiger partial charge in [0.15, 0.2) is 0 Å². The smallest absolute Gasteiger partial charge is 0.268 e. The quantitative estimate of drug-likeness (QED) is 0.912. The highest BCUT2D eigenvalue weighted by Gasteiger charge is 2.20. The van der Waals surface area contributed by atoms with E-state index in [0.29, 0.717) is 15.9 Å². The molecule has 5 nitrogen and oxygen atoms in total. The van der Waals surface area contributed by atoms with E-state index in [0.717, 1.165) is 12.2 Å². The third kappa shape index (κ3) is 2.77. The van der Waals surface area contributed by atoms with Crippen LogP contribution >= 0.6 is 23.2 Å². The Labute approximate surface area is 120 Å². The van der Waals surface area contributed by atoms with Crippen molar-refractivity contribution >= 4 is 29.1 Å². The van der Waals surface area contributed by atoms with E-state index in [2.05, 4.69) is 15.3 Å². The molecule has 0 bridgehead atoms. The monoisotopic (exact) mass is 300 g/mol. The van der Waals surface area contributed by atoms with Crippen LogP contribution in [-0.2, 0) is 7.05 Å². The third-order valence-electron chi connectivity index (χ3n) is 2.91. The van der Waals surface area contributed by atoms with Gasteiger partial charge in [-0.05, 0) is 12.5 Å². The van der Waals surface area contributed by atoms with Crippen molar-refractivity contribution in [1.29, 1.82) is 0 Å². The zero-order valence-corrected chi connectivity index (χ0v) is 12.1. The summed E-state index contributed by atoms with van der Waals surface area (Å²) in [6.07, 6.45) is 4.10. The van der Waals surface area contributed by atoms with Crippen LogP contribution in [0.25, 0.3) is 0 Å². The molecule has 0 radical (unpaired) electrons. The largest absolute Gasteiger partial charge is 0.347 e. The molecule has 1 amide bonds. The van der Waals surface area contributed by atoms with Gasteiger partial charge in [-0.2, -0.15) is 0 Å². The van der Waals surface area contributed by atoms with Gasteiger partial charge in [0.05, 0.1) is 11.1 Å². The first-order valence-electron chi connectivity index (χ1n) is 5.85. The van der Waals surface area contributed by atoms with Crippen molar-refractivity contribution in [2.45, 2.75) is 19.4 Å². The molecule has 7 heteroatoms. The van der Waals surface area contributed by atoms with E-state index in [1.165, 1.54) is 0 Å². The number of H-pyrrole nitrogens is 1. The lowest BCUT2D eigenvalue weighted by Crippen LogP contribution is -2.30. The fourth-order valence-electron chi connectivity index (χ4n) is 1.82. The van der Waals surface area contributed by atoms with Crippen LogP contribution in [-0.4, -0.2) is 20.4 Å². The van der Waals surface area contributed by atoms with E-state index in [9.17, 15) is 4.79 Å². The van der Waals surface area contributed by atoms with Crippen LogP contribution in [0.1, 0.15) is 35.7 Å². The zero-order chi connectivity index (χ0) is 14.0. The zero-order valence-electron chi connectivity index (χ0n) is 10.6. The summed E-state index contributed by atoms with van der Waals surface area (Å²) in [5.74, 6) is 0.488. The lowest BCUT2D eigenvalue weighted by Gasteiger charge is -2.15. The number of carbonyl (C=O) groups excluding carboxylic acids is 1. The second-order valence-corrected chi connectivity index (χ2v) is 4.90. The molecular weight excluding hydrogens is 287 g/mol. The van der Waals surface area contributed by atoms with Gasteiger partial charge < -0.3 is 14.9 Å². The molecule has 0 aliphatic carbocycles. The van der Waals surface area contributed by atoms with Gasteiger partial charge in [-0.1, -0.05) is 30.1 Å². The topological polar surface area (TPSA) is 62.7 Å². The van der Waals surface area contributed by atoms with Gasteiger partial charge in [0, 0.05) is 19.4 Å². The van der Waals surface area contributed by atoms with E-state index in [4.69, 9.17) is 23.2 Å². The Bertz CT molecular complexity index is 577. The van der Waals surface area contributed by atoms with Crippen LogP contribution in [0.3, 0.4) is 0 Å². The number of aromatic nitrogens is 3. The maximum Gasteiger partial charge on any atom is 0.268 e. The molecule has 19 heavy (non-hydrogen) atoms. The van der Waals surface area contributed by atoms with Gasteiger partial charge in [-0.3, -0.25) is 4.79 Å². The summed E-state index contributed by atoms with van der Waals surface area (Å²) in [7, 11) is 1.69. The average molecular weight is 301 g/mol. The molecule has 2 rings (SSSR count). The average Bonchev–Trinajstić information content (AvgIpc) is 3.00. The molecule has 1 unspecified atom stereocenters. The Balaban J connectivity index is 2.18. The molecule has 0 fully saturated rings. The molecule has 102 valence electrons. The Morgan fingerprint density at radius 1 is 1.58 bits per heavy atom. The van der Waals surface area contributed by atoms with Gasteiger partial charge in [0.1, 0.15) is 16.7 Å². The number of nitrogens with zero attached hydrogens (tertiary/aromatic N) is 2. The Kier molecular flexibility index (Phi) is 4.17. The maximum atomic E-state index is 12.2. The number of halogens is 2. The van der Waals surface area contributed by atoms with Crippen LogP contribution in [0, 0.1) is 0 Å². The maximum absolute atomic E-state index is 12.2. The number of nitrogens with one attached hydrogen (secondary N) is 2. The molecule has 0 saturated heterocycles. The molecule has 0 aromatic carbocycles. The summed E-state index contributed by atoms with van der Waals surface area (Å²) in [6, 6.07) is 1.38. The Morgan fingerprint density at radius 3 is 2.79 bits per heavy atom. The molecule has 0 aliphatic rings. The number of hydrogen-bond acceptors (Lipinski definition) is 2. The van der Waals surface area contributed by atoms with Gasteiger partial charge in [-0.25, -0.2) is 4.98 Å². The second-order valence-electron chi connectivity index (χ2n) is 4.14. The molecule has 1 atom stereocenters. The molecule has 2 aromatic rings. The number of aromatic amines is 1. The van der Waals surface area contributed by atoms with Gasteiger partial charge >= 0.3 is 0 Å². The third-order valence-corrected chi connectivity index (χ3v) is 3.75. The van der Waals surface area contributed by atoms with E-state index < -0.39 is 0 Å².